The second-order valence-electron chi connectivity index (χ2n) is 16.4. The summed E-state index contributed by atoms with van der Waals surface area (Å²) in [6.45, 7) is 12.7. The van der Waals surface area contributed by atoms with Crippen LogP contribution >= 0.6 is 0 Å². The third-order valence-corrected chi connectivity index (χ3v) is 12.1. The maximum absolute atomic E-state index is 14.6. The maximum atomic E-state index is 14.6. The van der Waals surface area contributed by atoms with Crippen molar-refractivity contribution in [1.29, 1.82) is 0 Å². The molecule has 8 aromatic rings. The first-order valence-corrected chi connectivity index (χ1v) is 19.8. The molecule has 0 radical (unpaired) electrons. The summed E-state index contributed by atoms with van der Waals surface area (Å²) in [5.74, 6) is -0.777. The van der Waals surface area contributed by atoms with Gasteiger partial charge in [-0.05, 0) is 129 Å². The fourth-order valence-corrected chi connectivity index (χ4v) is 9.55. The van der Waals surface area contributed by atoms with Crippen LogP contribution in [-0.4, -0.2) is 9.13 Å². The minimum absolute atomic E-state index is 0.285. The van der Waals surface area contributed by atoms with Crippen molar-refractivity contribution in [3.8, 4) is 0 Å². The van der Waals surface area contributed by atoms with Gasteiger partial charge in [0.05, 0.1) is 27.9 Å². The quantitative estimate of drug-likeness (QED) is 0.148. The monoisotopic (exact) mass is 796 g/mol. The summed E-state index contributed by atoms with van der Waals surface area (Å²) in [5.41, 5.74) is 9.81. The number of nitrogens with zero attached hydrogens (tertiary/aromatic N) is 2. The number of hydrogen-bond acceptors (Lipinski definition) is 0. The second-order valence-corrected chi connectivity index (χ2v) is 16.4. The summed E-state index contributed by atoms with van der Waals surface area (Å²) in [6.07, 6.45) is -9.23. The van der Waals surface area contributed by atoms with Crippen LogP contribution in [-0.2, 0) is 18.9 Å². The Hall–Kier alpha value is -6.02. The van der Waals surface area contributed by atoms with Crippen molar-refractivity contribution in [3.63, 3.8) is 0 Å². The van der Waals surface area contributed by atoms with Crippen molar-refractivity contribution in [2.75, 3.05) is 0 Å². The number of rotatable bonds is 6. The summed E-state index contributed by atoms with van der Waals surface area (Å²) < 4.78 is 91.7. The smallest absolute Gasteiger partial charge is 0.340 e. The Balaban J connectivity index is 1.39. The molecular weight excluding hydrogens is 755 g/mol. The van der Waals surface area contributed by atoms with E-state index in [1.165, 1.54) is 24.3 Å². The highest BCUT2D eigenvalue weighted by Crippen LogP contribution is 2.55. The van der Waals surface area contributed by atoms with Gasteiger partial charge in [0.15, 0.2) is 0 Å². The molecule has 298 valence electrons. The topological polar surface area (TPSA) is 9.86 Å². The Morgan fingerprint density at radius 1 is 0.525 bits per heavy atom. The van der Waals surface area contributed by atoms with Gasteiger partial charge in [0, 0.05) is 50.6 Å². The molecule has 1 aliphatic carbocycles. The molecule has 0 saturated heterocycles. The van der Waals surface area contributed by atoms with E-state index in [2.05, 4.69) is 78.4 Å². The van der Waals surface area contributed by atoms with Gasteiger partial charge in [-0.15, -0.1) is 0 Å². The summed E-state index contributed by atoms with van der Waals surface area (Å²) in [6, 6.07) is 35.7. The average Bonchev–Trinajstić information content (AvgIpc) is 3.77. The highest BCUT2D eigenvalue weighted by molar-refractivity contribution is 6.21. The number of benzene rings is 6. The number of aromatic nitrogens is 2. The zero-order chi connectivity index (χ0) is 41.7. The van der Waals surface area contributed by atoms with Crippen LogP contribution in [0.15, 0.2) is 127 Å². The molecule has 1 unspecified atom stereocenters. The zero-order valence-corrected chi connectivity index (χ0v) is 33.6. The lowest BCUT2D eigenvalue weighted by atomic mass is 9.84. The molecule has 0 spiro atoms. The lowest BCUT2D eigenvalue weighted by Crippen LogP contribution is -2.15. The maximum Gasteiger partial charge on any atom is 0.416 e. The first-order valence-electron chi connectivity index (χ1n) is 19.8. The molecule has 2 heterocycles. The van der Waals surface area contributed by atoms with Crippen molar-refractivity contribution in [2.24, 2.45) is 11.8 Å². The predicted molar refractivity (Wildman–Crippen MR) is 229 cm³/mol. The Bertz CT molecular complexity index is 2960. The lowest BCUT2D eigenvalue weighted by molar-refractivity contribution is -0.138. The van der Waals surface area contributed by atoms with E-state index in [0.29, 0.717) is 34.5 Å². The van der Waals surface area contributed by atoms with Gasteiger partial charge in [0.1, 0.15) is 0 Å². The van der Waals surface area contributed by atoms with Gasteiger partial charge in [-0.25, -0.2) is 0 Å². The SMILES string of the molecule is Cc1ccc2c(c1)c1cc(C)ccc1n2C[C@@H](C)C1=C(c2cccc(C(F)(F)F)c2)C(n2c3ccc(C)cc3c3cc(C)ccc32)=C(c2cccc(C(F)(F)F)c2)C1C. The van der Waals surface area contributed by atoms with Gasteiger partial charge in [0.2, 0.25) is 0 Å². The van der Waals surface area contributed by atoms with E-state index < -0.39 is 29.4 Å². The Labute approximate surface area is 338 Å². The van der Waals surface area contributed by atoms with Gasteiger partial charge in [0.25, 0.3) is 0 Å². The molecule has 2 atom stereocenters. The molecule has 0 saturated carbocycles. The summed E-state index contributed by atoms with van der Waals surface area (Å²) in [7, 11) is 0. The van der Waals surface area contributed by atoms with Crippen LogP contribution in [0.5, 0.6) is 0 Å². The Morgan fingerprint density at radius 2 is 0.932 bits per heavy atom. The third-order valence-electron chi connectivity index (χ3n) is 12.1. The van der Waals surface area contributed by atoms with Crippen LogP contribution in [0.2, 0.25) is 0 Å². The van der Waals surface area contributed by atoms with E-state index in [1.54, 1.807) is 12.1 Å². The third kappa shape index (κ3) is 6.44. The molecule has 6 aromatic carbocycles. The van der Waals surface area contributed by atoms with Crippen molar-refractivity contribution >= 4 is 60.5 Å². The van der Waals surface area contributed by atoms with Crippen LogP contribution < -0.4 is 0 Å². The van der Waals surface area contributed by atoms with Crippen molar-refractivity contribution in [2.45, 2.75) is 60.4 Å². The zero-order valence-electron chi connectivity index (χ0n) is 33.6. The van der Waals surface area contributed by atoms with Crippen LogP contribution in [0.25, 0.3) is 60.5 Å². The molecule has 0 aliphatic heterocycles. The first-order chi connectivity index (χ1) is 28.0. The number of aryl methyl sites for hydroxylation is 4. The van der Waals surface area contributed by atoms with Crippen molar-refractivity contribution < 1.29 is 26.3 Å². The van der Waals surface area contributed by atoms with Crippen molar-refractivity contribution in [3.05, 3.63) is 171 Å². The number of fused-ring (bicyclic) bond motifs is 6. The number of halogens is 6. The minimum atomic E-state index is -4.62. The van der Waals surface area contributed by atoms with E-state index in [4.69, 9.17) is 0 Å². The van der Waals surface area contributed by atoms with Gasteiger partial charge in [-0.3, -0.25) is 0 Å². The van der Waals surface area contributed by atoms with Crippen LogP contribution in [0, 0.1) is 39.5 Å². The van der Waals surface area contributed by atoms with E-state index in [-0.39, 0.29) is 5.92 Å². The minimum Gasteiger partial charge on any atom is -0.340 e. The van der Waals surface area contributed by atoms with Gasteiger partial charge in [-0.1, -0.05) is 84.6 Å². The van der Waals surface area contributed by atoms with Crippen LogP contribution in [0.1, 0.15) is 58.4 Å². The molecule has 0 N–H and O–H groups in total. The fraction of sp³-hybridized carbons (Fsp3) is 0.216. The lowest BCUT2D eigenvalue weighted by Gasteiger charge is -2.24. The molecular formula is C51H42F6N2. The molecule has 2 aromatic heterocycles. The van der Waals surface area contributed by atoms with Crippen molar-refractivity contribution in [1.82, 2.24) is 9.13 Å². The van der Waals surface area contributed by atoms with Crippen LogP contribution in [0.4, 0.5) is 26.3 Å². The normalized spacial score (nSPS) is 15.8. The molecule has 0 fully saturated rings. The highest BCUT2D eigenvalue weighted by Gasteiger charge is 2.40. The Kier molecular flexibility index (Phi) is 9.00. The molecule has 8 heteroatoms. The second kappa shape index (κ2) is 13.8. The number of allylic oxidation sites excluding steroid dienone is 4. The van der Waals surface area contributed by atoms with Gasteiger partial charge < -0.3 is 9.13 Å². The van der Waals surface area contributed by atoms with E-state index in [9.17, 15) is 26.3 Å². The average molecular weight is 797 g/mol. The molecule has 59 heavy (non-hydrogen) atoms. The Morgan fingerprint density at radius 3 is 1.39 bits per heavy atom. The summed E-state index contributed by atoms with van der Waals surface area (Å²) >= 11 is 0. The van der Waals surface area contributed by atoms with Gasteiger partial charge >= 0.3 is 12.4 Å². The highest BCUT2D eigenvalue weighted by atomic mass is 19.4. The fourth-order valence-electron chi connectivity index (χ4n) is 9.55. The van der Waals surface area contributed by atoms with Crippen LogP contribution in [0.3, 0.4) is 0 Å². The molecule has 2 nitrogen and oxygen atoms in total. The van der Waals surface area contributed by atoms with E-state index in [0.717, 1.165) is 83.6 Å². The standard InChI is InChI=1S/C51H42F6N2/c1-28-13-17-42-38(21-28)39-22-29(2)14-18-43(39)58(42)27-32(5)46-33(6)47(34-9-7-11-36(25-34)50(52,53)54)49(48(46)35-10-8-12-37(26-35)51(55,56)57)59-44-19-15-30(3)23-40(44)41-24-31(4)16-20-45(41)59/h7-26,32-33H,27H2,1-6H3/t32-,33?/m1/s1. The van der Waals surface area contributed by atoms with Gasteiger partial charge in [-0.2, -0.15) is 26.3 Å². The predicted octanol–water partition coefficient (Wildman–Crippen LogP) is 15.0. The molecule has 0 amide bonds. The molecule has 0 bridgehead atoms. The van der Waals surface area contributed by atoms with E-state index >= 15 is 0 Å². The summed E-state index contributed by atoms with van der Waals surface area (Å²) in [5, 5.41) is 4.13. The first kappa shape index (κ1) is 38.5. The number of hydrogen-bond donors (Lipinski definition) is 0. The largest absolute Gasteiger partial charge is 0.416 e. The summed E-state index contributed by atoms with van der Waals surface area (Å²) in [4.78, 5) is 0. The van der Waals surface area contributed by atoms with E-state index in [1.807, 2.05) is 45.0 Å². The molecule has 1 aliphatic rings. The number of alkyl halides is 6. The molecule has 9 rings (SSSR count).